The number of rotatable bonds is 6. The predicted octanol–water partition coefficient (Wildman–Crippen LogP) is 5.01. The van der Waals surface area contributed by atoms with Gasteiger partial charge in [0.2, 0.25) is 0 Å². The number of anilines is 1. The van der Waals surface area contributed by atoms with Gasteiger partial charge in [-0.1, -0.05) is 36.8 Å². The summed E-state index contributed by atoms with van der Waals surface area (Å²) < 4.78 is 11.0. The summed E-state index contributed by atoms with van der Waals surface area (Å²) in [6.07, 6.45) is 0.419. The molecule has 128 valence electrons. The minimum atomic E-state index is -0.446. The Hall–Kier alpha value is -2.49. The first-order valence-electron chi connectivity index (χ1n) is 8.29. The first-order valence-corrected chi connectivity index (χ1v) is 8.29. The normalized spacial score (nSPS) is 10.3. The first kappa shape index (κ1) is 17.9. The Morgan fingerprint density at radius 1 is 1.12 bits per heavy atom. The molecule has 0 radical (unpaired) electrons. The van der Waals surface area contributed by atoms with Crippen LogP contribution >= 0.6 is 0 Å². The summed E-state index contributed by atoms with van der Waals surface area (Å²) in [6, 6.07) is 12.0. The van der Waals surface area contributed by atoms with E-state index < -0.39 is 6.09 Å². The summed E-state index contributed by atoms with van der Waals surface area (Å²) in [7, 11) is 0. The first-order chi connectivity index (χ1) is 11.5. The lowest BCUT2D eigenvalue weighted by molar-refractivity contribution is 0.168. The number of carbonyl (C=O) groups excluding carboxylic acids is 1. The van der Waals surface area contributed by atoms with E-state index in [0.717, 1.165) is 34.5 Å². The van der Waals surface area contributed by atoms with Crippen LogP contribution in [0.2, 0.25) is 0 Å². The summed E-state index contributed by atoms with van der Waals surface area (Å²) in [5.74, 6) is 0.855. The molecule has 0 aliphatic heterocycles. The van der Waals surface area contributed by atoms with E-state index >= 15 is 0 Å². The molecule has 4 nitrogen and oxygen atoms in total. The quantitative estimate of drug-likeness (QED) is 0.811. The molecule has 2 aromatic carbocycles. The molecular formula is C20H25NO3. The van der Waals surface area contributed by atoms with Crippen LogP contribution in [0.3, 0.4) is 0 Å². The number of aryl methyl sites for hydroxylation is 3. The van der Waals surface area contributed by atoms with Gasteiger partial charge in [0, 0.05) is 5.56 Å². The highest BCUT2D eigenvalue weighted by Gasteiger charge is 2.12. The SMILES string of the molecule is CCOC(=O)Nc1cccc(CC)c1COc1ccc(C)cc1C. The fraction of sp³-hybridized carbons (Fsp3) is 0.350. The molecule has 0 aliphatic rings. The van der Waals surface area contributed by atoms with Crippen molar-refractivity contribution in [1.29, 1.82) is 0 Å². The van der Waals surface area contributed by atoms with E-state index in [0.29, 0.717) is 13.2 Å². The van der Waals surface area contributed by atoms with E-state index in [1.54, 1.807) is 6.92 Å². The predicted molar refractivity (Wildman–Crippen MR) is 96.7 cm³/mol. The Labute approximate surface area is 143 Å². The Kier molecular flexibility index (Phi) is 6.24. The van der Waals surface area contributed by atoms with Crippen molar-refractivity contribution in [2.45, 2.75) is 40.7 Å². The Morgan fingerprint density at radius 2 is 1.92 bits per heavy atom. The van der Waals surface area contributed by atoms with Gasteiger partial charge in [0.15, 0.2) is 0 Å². The second-order valence-corrected chi connectivity index (χ2v) is 5.70. The summed E-state index contributed by atoms with van der Waals surface area (Å²) in [5, 5.41) is 2.81. The molecule has 4 heteroatoms. The highest BCUT2D eigenvalue weighted by Crippen LogP contribution is 2.25. The lowest BCUT2D eigenvalue weighted by Crippen LogP contribution is -2.16. The highest BCUT2D eigenvalue weighted by molar-refractivity contribution is 5.86. The van der Waals surface area contributed by atoms with Crippen molar-refractivity contribution in [1.82, 2.24) is 0 Å². The van der Waals surface area contributed by atoms with Crippen LogP contribution in [0.1, 0.15) is 36.1 Å². The van der Waals surface area contributed by atoms with E-state index in [-0.39, 0.29) is 0 Å². The molecule has 1 amide bonds. The number of benzene rings is 2. The molecule has 2 aromatic rings. The van der Waals surface area contributed by atoms with Crippen molar-refractivity contribution >= 4 is 11.8 Å². The fourth-order valence-corrected chi connectivity index (χ4v) is 2.64. The largest absolute Gasteiger partial charge is 0.489 e. The monoisotopic (exact) mass is 327 g/mol. The van der Waals surface area contributed by atoms with Crippen molar-refractivity contribution in [2.24, 2.45) is 0 Å². The number of hydrogen-bond acceptors (Lipinski definition) is 3. The van der Waals surface area contributed by atoms with Crippen molar-refractivity contribution < 1.29 is 14.3 Å². The maximum Gasteiger partial charge on any atom is 0.411 e. The number of hydrogen-bond donors (Lipinski definition) is 1. The molecule has 0 spiro atoms. The zero-order valence-electron chi connectivity index (χ0n) is 14.8. The third-order valence-corrected chi connectivity index (χ3v) is 3.87. The van der Waals surface area contributed by atoms with Crippen molar-refractivity contribution in [3.05, 3.63) is 58.7 Å². The van der Waals surface area contributed by atoms with Crippen molar-refractivity contribution in [2.75, 3.05) is 11.9 Å². The maximum absolute atomic E-state index is 11.8. The molecule has 1 N–H and O–H groups in total. The van der Waals surface area contributed by atoms with Crippen LogP contribution in [-0.2, 0) is 17.8 Å². The average Bonchev–Trinajstić information content (AvgIpc) is 2.55. The van der Waals surface area contributed by atoms with Crippen molar-refractivity contribution in [3.8, 4) is 5.75 Å². The van der Waals surface area contributed by atoms with E-state index in [4.69, 9.17) is 9.47 Å². The second kappa shape index (κ2) is 8.39. The standard InChI is InChI=1S/C20H25NO3/c1-5-16-8-7-9-18(21-20(22)23-6-2)17(16)13-24-19-11-10-14(3)12-15(19)4/h7-12H,5-6,13H2,1-4H3,(H,21,22). The van der Waals surface area contributed by atoms with Crippen LogP contribution in [0.4, 0.5) is 10.5 Å². The molecule has 0 bridgehead atoms. The fourth-order valence-electron chi connectivity index (χ4n) is 2.64. The minimum absolute atomic E-state index is 0.341. The summed E-state index contributed by atoms with van der Waals surface area (Å²) in [6.45, 7) is 8.70. The average molecular weight is 327 g/mol. The molecule has 0 saturated carbocycles. The van der Waals surface area contributed by atoms with E-state index in [9.17, 15) is 4.79 Å². The van der Waals surface area contributed by atoms with Gasteiger partial charge in [-0.05, 0) is 50.5 Å². The number of carbonyl (C=O) groups is 1. The van der Waals surface area contributed by atoms with Crippen LogP contribution in [0.5, 0.6) is 5.75 Å². The lowest BCUT2D eigenvalue weighted by atomic mass is 10.0. The molecule has 0 saturated heterocycles. The molecule has 0 aromatic heterocycles. The summed E-state index contributed by atoms with van der Waals surface area (Å²) >= 11 is 0. The van der Waals surface area contributed by atoms with Crippen LogP contribution in [0.25, 0.3) is 0 Å². The number of amides is 1. The third kappa shape index (κ3) is 4.51. The van der Waals surface area contributed by atoms with Gasteiger partial charge in [0.05, 0.1) is 12.3 Å². The van der Waals surface area contributed by atoms with Gasteiger partial charge in [-0.2, -0.15) is 0 Å². The molecule has 0 aliphatic carbocycles. The minimum Gasteiger partial charge on any atom is -0.489 e. The Balaban J connectivity index is 2.22. The topological polar surface area (TPSA) is 47.6 Å². The maximum atomic E-state index is 11.8. The van der Waals surface area contributed by atoms with E-state index in [2.05, 4.69) is 31.3 Å². The molecule has 0 atom stereocenters. The van der Waals surface area contributed by atoms with Gasteiger partial charge in [0.1, 0.15) is 12.4 Å². The van der Waals surface area contributed by atoms with Gasteiger partial charge in [-0.3, -0.25) is 5.32 Å². The number of nitrogens with one attached hydrogen (secondary N) is 1. The Morgan fingerprint density at radius 3 is 2.58 bits per heavy atom. The zero-order chi connectivity index (χ0) is 17.5. The molecule has 24 heavy (non-hydrogen) atoms. The molecule has 0 fully saturated rings. The van der Waals surface area contributed by atoms with Gasteiger partial charge < -0.3 is 9.47 Å². The highest BCUT2D eigenvalue weighted by atomic mass is 16.5. The Bertz CT molecular complexity index is 710. The second-order valence-electron chi connectivity index (χ2n) is 5.70. The summed E-state index contributed by atoms with van der Waals surface area (Å²) in [4.78, 5) is 11.8. The van der Waals surface area contributed by atoms with Gasteiger partial charge >= 0.3 is 6.09 Å². The summed E-state index contributed by atoms with van der Waals surface area (Å²) in [5.41, 5.74) is 5.17. The molecule has 0 heterocycles. The van der Waals surface area contributed by atoms with Crippen LogP contribution in [0.15, 0.2) is 36.4 Å². The van der Waals surface area contributed by atoms with Gasteiger partial charge in [-0.25, -0.2) is 4.79 Å². The van der Waals surface area contributed by atoms with Crippen LogP contribution in [0, 0.1) is 13.8 Å². The molecule has 2 rings (SSSR count). The van der Waals surface area contributed by atoms with Crippen LogP contribution < -0.4 is 10.1 Å². The van der Waals surface area contributed by atoms with E-state index in [1.807, 2.05) is 31.2 Å². The van der Waals surface area contributed by atoms with Gasteiger partial charge in [0.25, 0.3) is 0 Å². The number of ether oxygens (including phenoxy) is 2. The van der Waals surface area contributed by atoms with Gasteiger partial charge in [-0.15, -0.1) is 0 Å². The zero-order valence-corrected chi connectivity index (χ0v) is 14.8. The van der Waals surface area contributed by atoms with Crippen molar-refractivity contribution in [3.63, 3.8) is 0 Å². The third-order valence-electron chi connectivity index (χ3n) is 3.87. The molecular weight excluding hydrogens is 302 g/mol. The molecule has 0 unspecified atom stereocenters. The van der Waals surface area contributed by atoms with E-state index in [1.165, 1.54) is 5.56 Å². The van der Waals surface area contributed by atoms with Crippen LogP contribution in [-0.4, -0.2) is 12.7 Å². The lowest BCUT2D eigenvalue weighted by Gasteiger charge is -2.16. The smallest absolute Gasteiger partial charge is 0.411 e.